The second-order valence-corrected chi connectivity index (χ2v) is 7.77. The van der Waals surface area contributed by atoms with Crippen molar-refractivity contribution < 1.29 is 14.0 Å². The summed E-state index contributed by atoms with van der Waals surface area (Å²) in [6.45, 7) is 2.64. The van der Waals surface area contributed by atoms with Crippen molar-refractivity contribution in [2.75, 3.05) is 26.7 Å². The van der Waals surface area contributed by atoms with Gasteiger partial charge in [0, 0.05) is 31.9 Å². The Labute approximate surface area is 174 Å². The molecule has 1 atom stereocenters. The van der Waals surface area contributed by atoms with Crippen molar-refractivity contribution in [2.45, 2.75) is 25.9 Å². The van der Waals surface area contributed by atoms with E-state index in [1.54, 1.807) is 12.1 Å². The Morgan fingerprint density at radius 3 is 2.63 bits per heavy atom. The molecule has 2 heterocycles. The Morgan fingerprint density at radius 2 is 1.90 bits per heavy atom. The highest BCUT2D eigenvalue weighted by atomic mass is 19.1. The van der Waals surface area contributed by atoms with Crippen LogP contribution >= 0.6 is 0 Å². The number of carbonyl (C=O) groups excluding carboxylic acids is 2. The molecule has 8 heteroatoms. The van der Waals surface area contributed by atoms with Crippen molar-refractivity contribution in [2.24, 2.45) is 5.92 Å². The van der Waals surface area contributed by atoms with E-state index in [1.807, 2.05) is 0 Å². The molecule has 0 aliphatic carbocycles. The first-order chi connectivity index (χ1) is 14.4. The molecule has 0 spiro atoms. The largest absolute Gasteiger partial charge is 0.352 e. The van der Waals surface area contributed by atoms with Gasteiger partial charge in [0.2, 0.25) is 5.91 Å². The zero-order chi connectivity index (χ0) is 21.5. The van der Waals surface area contributed by atoms with Gasteiger partial charge in [0.15, 0.2) is 0 Å². The van der Waals surface area contributed by atoms with Gasteiger partial charge in [-0.3, -0.25) is 14.4 Å². The second-order valence-electron chi connectivity index (χ2n) is 7.77. The number of amides is 2. The van der Waals surface area contributed by atoms with Crippen LogP contribution in [-0.4, -0.2) is 48.0 Å². The smallest absolute Gasteiger partial charge is 0.252 e. The normalized spacial score (nSPS) is 16.8. The summed E-state index contributed by atoms with van der Waals surface area (Å²) in [6, 6.07) is 8.56. The number of pyridine rings is 1. The zero-order valence-electron chi connectivity index (χ0n) is 17.1. The second kappa shape index (κ2) is 10.2. The predicted molar refractivity (Wildman–Crippen MR) is 112 cm³/mol. The van der Waals surface area contributed by atoms with Gasteiger partial charge >= 0.3 is 0 Å². The van der Waals surface area contributed by atoms with Gasteiger partial charge in [-0.25, -0.2) is 4.39 Å². The Morgan fingerprint density at radius 1 is 1.13 bits per heavy atom. The molecule has 1 aromatic heterocycles. The van der Waals surface area contributed by atoms with Gasteiger partial charge < -0.3 is 20.1 Å². The summed E-state index contributed by atoms with van der Waals surface area (Å²) in [5.41, 5.74) is 0.723. The minimum atomic E-state index is -0.371. The number of likely N-dealkylation sites (tertiary alicyclic amines) is 1. The quantitative estimate of drug-likeness (QED) is 0.717. The van der Waals surface area contributed by atoms with Crippen LogP contribution in [-0.2, 0) is 17.9 Å². The zero-order valence-corrected chi connectivity index (χ0v) is 17.1. The number of nitrogens with zero attached hydrogens (tertiary/aromatic N) is 2. The van der Waals surface area contributed by atoms with Crippen LogP contribution < -0.4 is 16.2 Å². The molecule has 160 valence electrons. The van der Waals surface area contributed by atoms with Gasteiger partial charge in [0.05, 0.1) is 5.56 Å². The Kier molecular flexibility index (Phi) is 7.35. The summed E-state index contributed by atoms with van der Waals surface area (Å²) in [7, 11) is 2.07. The maximum Gasteiger partial charge on any atom is 0.252 e. The molecule has 0 unspecified atom stereocenters. The van der Waals surface area contributed by atoms with Gasteiger partial charge in [-0.05, 0) is 56.1 Å². The average Bonchev–Trinajstić information content (AvgIpc) is 2.73. The summed E-state index contributed by atoms with van der Waals surface area (Å²) in [4.78, 5) is 39.0. The van der Waals surface area contributed by atoms with Crippen molar-refractivity contribution in [3.8, 4) is 0 Å². The number of hydrogen-bond donors (Lipinski definition) is 2. The van der Waals surface area contributed by atoms with Crippen LogP contribution in [0.15, 0.2) is 47.4 Å². The Balaban J connectivity index is 1.54. The number of piperidine rings is 1. The van der Waals surface area contributed by atoms with Crippen molar-refractivity contribution >= 4 is 11.8 Å². The lowest BCUT2D eigenvalue weighted by Gasteiger charge is -2.29. The highest BCUT2D eigenvalue weighted by molar-refractivity contribution is 5.93. The molecule has 2 N–H and O–H groups in total. The number of carbonyl (C=O) groups is 2. The summed E-state index contributed by atoms with van der Waals surface area (Å²) in [5.74, 6) is -0.564. The van der Waals surface area contributed by atoms with Gasteiger partial charge in [-0.1, -0.05) is 12.1 Å². The molecule has 30 heavy (non-hydrogen) atoms. The summed E-state index contributed by atoms with van der Waals surface area (Å²) < 4.78 is 14.1. The lowest BCUT2D eigenvalue weighted by atomic mass is 9.98. The van der Waals surface area contributed by atoms with Crippen LogP contribution in [0, 0.1) is 11.7 Å². The van der Waals surface area contributed by atoms with Gasteiger partial charge in [-0.2, -0.15) is 0 Å². The first-order valence-corrected chi connectivity index (χ1v) is 10.1. The molecule has 1 aromatic carbocycles. The van der Waals surface area contributed by atoms with Crippen LogP contribution in [0.4, 0.5) is 4.39 Å². The fraction of sp³-hybridized carbons (Fsp3) is 0.409. The minimum absolute atomic E-state index is 0.200. The lowest BCUT2D eigenvalue weighted by molar-refractivity contribution is -0.121. The number of benzene rings is 1. The maximum absolute atomic E-state index is 12.9. The van der Waals surface area contributed by atoms with Gasteiger partial charge in [-0.15, -0.1) is 0 Å². The molecule has 1 aliphatic rings. The van der Waals surface area contributed by atoms with E-state index in [-0.39, 0.29) is 36.3 Å². The molecule has 0 bridgehead atoms. The Hall–Kier alpha value is -3.00. The van der Waals surface area contributed by atoms with E-state index in [0.717, 1.165) is 31.5 Å². The van der Waals surface area contributed by atoms with E-state index in [2.05, 4.69) is 22.6 Å². The summed E-state index contributed by atoms with van der Waals surface area (Å²) in [5, 5.41) is 5.62. The van der Waals surface area contributed by atoms with Gasteiger partial charge in [0.25, 0.3) is 11.5 Å². The Bertz CT molecular complexity index is 942. The number of aromatic nitrogens is 1. The van der Waals surface area contributed by atoms with Crippen LogP contribution in [0.1, 0.15) is 28.8 Å². The van der Waals surface area contributed by atoms with Crippen molar-refractivity contribution in [1.82, 2.24) is 20.1 Å². The standard InChI is InChI=1S/C22H27FN4O3/c1-26-10-2-3-17(13-26)12-25-22(30)18-6-9-21(29)27(14-18)15-20(28)24-11-16-4-7-19(23)8-5-16/h4-9,14,17H,2-3,10-13,15H2,1H3,(H,24,28)(H,25,30)/t17-/m1/s1. The van der Waals surface area contributed by atoms with E-state index in [0.29, 0.717) is 18.0 Å². The molecule has 2 aromatic rings. The van der Waals surface area contributed by atoms with Crippen molar-refractivity contribution in [1.29, 1.82) is 0 Å². The highest BCUT2D eigenvalue weighted by Crippen LogP contribution is 2.14. The number of rotatable bonds is 7. The van der Waals surface area contributed by atoms with Gasteiger partial charge in [0.1, 0.15) is 12.4 Å². The van der Waals surface area contributed by atoms with E-state index in [9.17, 15) is 18.8 Å². The summed E-state index contributed by atoms with van der Waals surface area (Å²) in [6.07, 6.45) is 3.61. The SMILES string of the molecule is CN1CCC[C@H](CNC(=O)c2ccc(=O)n(CC(=O)NCc3ccc(F)cc3)c2)C1. The number of hydrogen-bond acceptors (Lipinski definition) is 4. The molecule has 3 rings (SSSR count). The molecule has 1 fully saturated rings. The van der Waals surface area contributed by atoms with Crippen molar-refractivity contribution in [3.63, 3.8) is 0 Å². The predicted octanol–water partition coefficient (Wildman–Crippen LogP) is 1.38. The minimum Gasteiger partial charge on any atom is -0.352 e. The average molecular weight is 414 g/mol. The van der Waals surface area contributed by atoms with Crippen LogP contribution in [0.5, 0.6) is 0 Å². The molecule has 7 nitrogen and oxygen atoms in total. The number of nitrogens with one attached hydrogen (secondary N) is 2. The van der Waals surface area contributed by atoms with Crippen LogP contribution in [0.25, 0.3) is 0 Å². The molecular formula is C22H27FN4O3. The third kappa shape index (κ3) is 6.25. The monoisotopic (exact) mass is 414 g/mol. The van der Waals surface area contributed by atoms with E-state index >= 15 is 0 Å². The molecule has 2 amide bonds. The highest BCUT2D eigenvalue weighted by Gasteiger charge is 2.18. The van der Waals surface area contributed by atoms with Crippen molar-refractivity contribution in [3.05, 3.63) is 69.9 Å². The first-order valence-electron chi connectivity index (χ1n) is 10.1. The lowest BCUT2D eigenvalue weighted by Crippen LogP contribution is -2.39. The molecule has 0 radical (unpaired) electrons. The first kappa shape index (κ1) is 21.7. The molecule has 1 aliphatic heterocycles. The third-order valence-corrected chi connectivity index (χ3v) is 5.24. The molecular weight excluding hydrogens is 387 g/mol. The van der Waals surface area contributed by atoms with E-state index in [4.69, 9.17) is 0 Å². The fourth-order valence-corrected chi connectivity index (χ4v) is 3.58. The molecule has 1 saturated heterocycles. The topological polar surface area (TPSA) is 83.4 Å². The fourth-order valence-electron chi connectivity index (χ4n) is 3.58. The number of halogens is 1. The van der Waals surface area contributed by atoms with Crippen LogP contribution in [0.3, 0.4) is 0 Å². The maximum atomic E-state index is 12.9. The van der Waals surface area contributed by atoms with Crippen LogP contribution in [0.2, 0.25) is 0 Å². The van der Waals surface area contributed by atoms with E-state index < -0.39 is 0 Å². The molecule has 0 saturated carbocycles. The summed E-state index contributed by atoms with van der Waals surface area (Å²) >= 11 is 0. The van der Waals surface area contributed by atoms with E-state index in [1.165, 1.54) is 35.0 Å². The third-order valence-electron chi connectivity index (χ3n) is 5.24.